The first-order chi connectivity index (χ1) is 13.5. The van der Waals surface area contributed by atoms with Crippen LogP contribution in [0.1, 0.15) is 11.3 Å². The Morgan fingerprint density at radius 3 is 2.54 bits per heavy atom. The van der Waals surface area contributed by atoms with Gasteiger partial charge in [0.15, 0.2) is 11.6 Å². The summed E-state index contributed by atoms with van der Waals surface area (Å²) in [5.74, 6) is 3.55. The van der Waals surface area contributed by atoms with Crippen LogP contribution in [0.4, 0.5) is 17.5 Å². The van der Waals surface area contributed by atoms with Gasteiger partial charge < -0.3 is 20.3 Å². The molecule has 3 N–H and O–H groups in total. The molecule has 0 saturated heterocycles. The number of ether oxygens (including phenoxy) is 1. The van der Waals surface area contributed by atoms with E-state index in [4.69, 9.17) is 14.7 Å². The van der Waals surface area contributed by atoms with Crippen LogP contribution in [0.25, 0.3) is 11.4 Å². The predicted octanol–water partition coefficient (Wildman–Crippen LogP) is 3.07. The first kappa shape index (κ1) is 19.6. The van der Waals surface area contributed by atoms with Gasteiger partial charge in [0.25, 0.3) is 0 Å². The van der Waals surface area contributed by atoms with Crippen molar-refractivity contribution in [3.8, 4) is 17.1 Å². The lowest BCUT2D eigenvalue weighted by Crippen LogP contribution is -2.17. The molecule has 0 unspecified atom stereocenters. The number of hydrogen-bond acceptors (Lipinski definition) is 7. The van der Waals surface area contributed by atoms with Gasteiger partial charge in [0.1, 0.15) is 17.4 Å². The summed E-state index contributed by atoms with van der Waals surface area (Å²) >= 11 is 0. The van der Waals surface area contributed by atoms with Crippen LogP contribution < -0.4 is 15.4 Å². The number of hydrogen-bond donors (Lipinski definition) is 3. The van der Waals surface area contributed by atoms with Crippen molar-refractivity contribution in [2.75, 3.05) is 45.4 Å². The minimum absolute atomic E-state index is 0.588. The van der Waals surface area contributed by atoms with E-state index in [0.29, 0.717) is 5.82 Å². The van der Waals surface area contributed by atoms with E-state index in [2.05, 4.69) is 25.7 Å². The van der Waals surface area contributed by atoms with Crippen LogP contribution in [0.15, 0.2) is 30.3 Å². The highest BCUT2D eigenvalue weighted by molar-refractivity contribution is 5.71. The van der Waals surface area contributed by atoms with Crippen LogP contribution in [-0.4, -0.2) is 59.9 Å². The van der Waals surface area contributed by atoms with Gasteiger partial charge in [0.05, 0.1) is 12.7 Å². The Labute approximate surface area is 165 Å². The number of nitrogens with zero attached hydrogens (tertiary/aromatic N) is 4. The van der Waals surface area contributed by atoms with E-state index < -0.39 is 0 Å². The molecule has 0 amide bonds. The van der Waals surface area contributed by atoms with E-state index in [0.717, 1.165) is 53.0 Å². The summed E-state index contributed by atoms with van der Waals surface area (Å²) in [6, 6.07) is 9.68. The normalized spacial score (nSPS) is 10.9. The third kappa shape index (κ3) is 4.40. The second-order valence-electron chi connectivity index (χ2n) is 6.79. The summed E-state index contributed by atoms with van der Waals surface area (Å²) in [5.41, 5.74) is 2.82. The summed E-state index contributed by atoms with van der Waals surface area (Å²) in [6.07, 6.45) is 0.793. The van der Waals surface area contributed by atoms with Crippen molar-refractivity contribution in [1.29, 1.82) is 0 Å². The van der Waals surface area contributed by atoms with E-state index in [-0.39, 0.29) is 0 Å². The Bertz CT molecular complexity index is 936. The molecule has 3 rings (SSSR count). The van der Waals surface area contributed by atoms with Crippen molar-refractivity contribution >= 4 is 17.5 Å². The van der Waals surface area contributed by atoms with Gasteiger partial charge in [-0.1, -0.05) is 12.1 Å². The lowest BCUT2D eigenvalue weighted by molar-refractivity contribution is 0.413. The van der Waals surface area contributed by atoms with Crippen LogP contribution in [0, 0.1) is 6.92 Å². The summed E-state index contributed by atoms with van der Waals surface area (Å²) < 4.78 is 5.50. The molecule has 0 saturated carbocycles. The molecule has 28 heavy (non-hydrogen) atoms. The number of nitrogens with one attached hydrogen (secondary N) is 3. The fourth-order valence-corrected chi connectivity index (χ4v) is 2.92. The number of H-pyrrole nitrogens is 1. The van der Waals surface area contributed by atoms with Crippen molar-refractivity contribution in [3.05, 3.63) is 41.6 Å². The van der Waals surface area contributed by atoms with Gasteiger partial charge in [-0.3, -0.25) is 5.10 Å². The topological polar surface area (TPSA) is 91.0 Å². The number of rotatable bonds is 8. The van der Waals surface area contributed by atoms with Crippen LogP contribution in [0.3, 0.4) is 0 Å². The van der Waals surface area contributed by atoms with E-state index in [1.807, 2.05) is 58.4 Å². The summed E-state index contributed by atoms with van der Waals surface area (Å²) in [5, 5.41) is 13.8. The maximum atomic E-state index is 5.50. The molecule has 0 radical (unpaired) electrons. The smallest absolute Gasteiger partial charge is 0.167 e. The van der Waals surface area contributed by atoms with Crippen LogP contribution >= 0.6 is 0 Å². The van der Waals surface area contributed by atoms with E-state index in [9.17, 15) is 0 Å². The van der Waals surface area contributed by atoms with Gasteiger partial charge in [-0.15, -0.1) is 0 Å². The average Bonchev–Trinajstić information content (AvgIpc) is 3.10. The molecular weight excluding hydrogens is 354 g/mol. The number of aromatic nitrogens is 4. The fourth-order valence-electron chi connectivity index (χ4n) is 2.92. The molecule has 0 atom stereocenters. The third-order valence-corrected chi connectivity index (χ3v) is 4.35. The molecule has 0 aliphatic carbocycles. The van der Waals surface area contributed by atoms with Gasteiger partial charge in [-0.25, -0.2) is 9.97 Å². The minimum Gasteiger partial charge on any atom is -0.496 e. The predicted molar refractivity (Wildman–Crippen MR) is 112 cm³/mol. The third-order valence-electron chi connectivity index (χ3n) is 4.35. The number of aromatic amines is 1. The second-order valence-corrected chi connectivity index (χ2v) is 6.79. The standard InChI is InChI=1S/C20H27N7O/c1-13-12-17(26-25-13)22-20-15(10-11-27(3)4)18(21-2)23-19(24-20)14-8-6-7-9-16(14)28-5/h6-9,12H,10-11H2,1-5H3,(H3,21,22,23,24,25,26). The number of aryl methyl sites for hydroxylation is 1. The lowest BCUT2D eigenvalue weighted by Gasteiger charge is -2.18. The van der Waals surface area contributed by atoms with Crippen molar-refractivity contribution in [3.63, 3.8) is 0 Å². The molecule has 0 fully saturated rings. The molecule has 0 aliphatic rings. The van der Waals surface area contributed by atoms with E-state index in [1.165, 1.54) is 0 Å². The molecule has 0 aliphatic heterocycles. The highest BCUT2D eigenvalue weighted by Gasteiger charge is 2.18. The number of benzene rings is 1. The van der Waals surface area contributed by atoms with Gasteiger partial charge >= 0.3 is 0 Å². The van der Waals surface area contributed by atoms with Crippen LogP contribution in [0.2, 0.25) is 0 Å². The monoisotopic (exact) mass is 381 g/mol. The molecule has 3 aromatic rings. The zero-order chi connectivity index (χ0) is 20.1. The molecule has 8 nitrogen and oxygen atoms in total. The second kappa shape index (κ2) is 8.71. The number of methoxy groups -OCH3 is 1. The summed E-state index contributed by atoms with van der Waals surface area (Å²) in [6.45, 7) is 2.84. The maximum Gasteiger partial charge on any atom is 0.167 e. The molecule has 148 valence electrons. The van der Waals surface area contributed by atoms with Gasteiger partial charge in [0.2, 0.25) is 0 Å². The van der Waals surface area contributed by atoms with Crippen molar-refractivity contribution in [1.82, 2.24) is 25.1 Å². The van der Waals surface area contributed by atoms with Crippen LogP contribution in [-0.2, 0) is 6.42 Å². The average molecular weight is 381 g/mol. The maximum absolute atomic E-state index is 5.50. The van der Waals surface area contributed by atoms with Crippen molar-refractivity contribution in [2.45, 2.75) is 13.3 Å². The molecule has 0 spiro atoms. The van der Waals surface area contributed by atoms with Crippen molar-refractivity contribution < 1.29 is 4.74 Å². The highest BCUT2D eigenvalue weighted by Crippen LogP contribution is 2.32. The fraction of sp³-hybridized carbons (Fsp3) is 0.350. The van der Waals surface area contributed by atoms with E-state index in [1.54, 1.807) is 7.11 Å². The molecular formula is C20H27N7O. The SMILES string of the molecule is CNc1nc(-c2ccccc2OC)nc(Nc2cc(C)[nH]n2)c1CCN(C)C. The first-order valence-corrected chi connectivity index (χ1v) is 9.17. The molecule has 0 bridgehead atoms. The first-order valence-electron chi connectivity index (χ1n) is 9.17. The Balaban J connectivity index is 2.10. The summed E-state index contributed by atoms with van der Waals surface area (Å²) in [4.78, 5) is 11.7. The number of anilines is 3. The molecule has 2 aromatic heterocycles. The zero-order valence-corrected chi connectivity index (χ0v) is 17.0. The zero-order valence-electron chi connectivity index (χ0n) is 17.0. The van der Waals surface area contributed by atoms with Gasteiger partial charge in [-0.05, 0) is 39.6 Å². The largest absolute Gasteiger partial charge is 0.496 e. The van der Waals surface area contributed by atoms with Gasteiger partial charge in [0, 0.05) is 30.9 Å². The van der Waals surface area contributed by atoms with Crippen LogP contribution in [0.5, 0.6) is 5.75 Å². The molecule has 1 aromatic carbocycles. The quantitative estimate of drug-likeness (QED) is 0.552. The van der Waals surface area contributed by atoms with E-state index >= 15 is 0 Å². The Morgan fingerprint density at radius 1 is 1.14 bits per heavy atom. The minimum atomic E-state index is 0.588. The lowest BCUT2D eigenvalue weighted by atomic mass is 10.1. The summed E-state index contributed by atoms with van der Waals surface area (Å²) in [7, 11) is 7.62. The highest BCUT2D eigenvalue weighted by atomic mass is 16.5. The number of para-hydroxylation sites is 1. The Hall–Kier alpha value is -3.13. The molecule has 2 heterocycles. The van der Waals surface area contributed by atoms with Crippen molar-refractivity contribution in [2.24, 2.45) is 0 Å². The molecule has 8 heteroatoms. The van der Waals surface area contributed by atoms with Gasteiger partial charge in [-0.2, -0.15) is 5.10 Å². The number of likely N-dealkylation sites (N-methyl/N-ethyl adjacent to an activating group) is 1. The Morgan fingerprint density at radius 2 is 1.89 bits per heavy atom. The Kier molecular flexibility index (Phi) is 6.10.